The van der Waals surface area contributed by atoms with Crippen molar-refractivity contribution in [1.29, 1.82) is 0 Å². The van der Waals surface area contributed by atoms with Gasteiger partial charge in [-0.3, -0.25) is 0 Å². The van der Waals surface area contributed by atoms with Crippen molar-refractivity contribution in [1.82, 2.24) is 0 Å². The lowest BCUT2D eigenvalue weighted by molar-refractivity contribution is 0.589. The summed E-state index contributed by atoms with van der Waals surface area (Å²) >= 11 is 22.8. The molecule has 0 nitrogen and oxygen atoms in total. The molecule has 336 valence electrons. The van der Waals surface area contributed by atoms with Crippen LogP contribution in [-0.4, -0.2) is 0 Å². The van der Waals surface area contributed by atoms with Gasteiger partial charge in [0.25, 0.3) is 0 Å². The molecule has 0 fully saturated rings. The van der Waals surface area contributed by atoms with Crippen LogP contribution in [0.15, 0.2) is 191 Å². The van der Waals surface area contributed by atoms with Crippen LogP contribution in [0.25, 0.3) is 66.8 Å². The highest BCUT2D eigenvalue weighted by atomic mass is 79.9. The average Bonchev–Trinajstić information content (AvgIpc) is 3.25. The third-order valence-electron chi connectivity index (χ3n) is 11.9. The molecule has 0 aromatic heterocycles. The van der Waals surface area contributed by atoms with E-state index in [4.69, 9.17) is 0 Å². The molecular weight excluding hydrogens is 1200 g/mol. The molecule has 0 spiro atoms. The summed E-state index contributed by atoms with van der Waals surface area (Å²) in [5, 5.41) is 0. The zero-order chi connectivity index (χ0) is 47.7. The fraction of sp³-hybridized carbons (Fsp3) is 0.200. The molecular formula is C60H54Br6. The summed E-state index contributed by atoms with van der Waals surface area (Å²) in [6.45, 7) is 20.2. The highest BCUT2D eigenvalue weighted by Gasteiger charge is 2.20. The van der Waals surface area contributed by atoms with E-state index in [1.54, 1.807) is 0 Å². The first kappa shape index (κ1) is 50.5. The van der Waals surface area contributed by atoms with Gasteiger partial charge in [-0.25, -0.2) is 0 Å². The minimum absolute atomic E-state index is 0.0998. The monoisotopic (exact) mass is 1250 g/mol. The summed E-state index contributed by atoms with van der Waals surface area (Å²) in [4.78, 5) is 0. The molecule has 0 heterocycles. The largest absolute Gasteiger partial charge is 0.0616 e. The van der Waals surface area contributed by atoms with E-state index in [0.29, 0.717) is 0 Å². The molecule has 8 rings (SSSR count). The van der Waals surface area contributed by atoms with Gasteiger partial charge in [0, 0.05) is 26.8 Å². The van der Waals surface area contributed by atoms with Crippen molar-refractivity contribution < 1.29 is 0 Å². The minimum Gasteiger partial charge on any atom is -0.0616 e. The molecule has 0 aliphatic rings. The Morgan fingerprint density at radius 3 is 0.606 bits per heavy atom. The van der Waals surface area contributed by atoms with Gasteiger partial charge in [-0.2, -0.15) is 0 Å². The van der Waals surface area contributed by atoms with Crippen LogP contribution in [0.4, 0.5) is 0 Å². The van der Waals surface area contributed by atoms with Crippen LogP contribution >= 0.6 is 95.6 Å². The Kier molecular flexibility index (Phi) is 15.8. The highest BCUT2D eigenvalue weighted by molar-refractivity contribution is 9.11. The first-order valence-corrected chi connectivity index (χ1v) is 26.8. The van der Waals surface area contributed by atoms with E-state index < -0.39 is 0 Å². The van der Waals surface area contributed by atoms with Gasteiger partial charge in [0.15, 0.2) is 0 Å². The molecule has 8 aromatic carbocycles. The third kappa shape index (κ3) is 11.9. The average molecular weight is 1250 g/mol. The van der Waals surface area contributed by atoms with Crippen molar-refractivity contribution in [2.75, 3.05) is 0 Å². The Balaban J connectivity index is 0.000000198. The Bertz CT molecular complexity index is 2900. The first-order valence-electron chi connectivity index (χ1n) is 22.0. The second-order valence-electron chi connectivity index (χ2n) is 19.9. The van der Waals surface area contributed by atoms with Crippen molar-refractivity contribution in [2.45, 2.75) is 78.6 Å². The van der Waals surface area contributed by atoms with Crippen molar-refractivity contribution in [3.05, 3.63) is 207 Å². The first-order chi connectivity index (χ1) is 31.1. The Morgan fingerprint density at radius 2 is 0.424 bits per heavy atom. The molecule has 0 radical (unpaired) electrons. The topological polar surface area (TPSA) is 0 Å². The van der Waals surface area contributed by atoms with Gasteiger partial charge in [0.1, 0.15) is 0 Å². The van der Waals surface area contributed by atoms with Crippen molar-refractivity contribution in [3.63, 3.8) is 0 Å². The maximum atomic E-state index is 3.88. The van der Waals surface area contributed by atoms with Crippen LogP contribution in [0, 0.1) is 0 Å². The highest BCUT2D eigenvalue weighted by Crippen LogP contribution is 2.43. The Hall–Kier alpha value is -3.36. The predicted molar refractivity (Wildman–Crippen MR) is 308 cm³/mol. The molecule has 6 heteroatoms. The van der Waals surface area contributed by atoms with Gasteiger partial charge in [-0.1, -0.05) is 249 Å². The second kappa shape index (κ2) is 20.7. The molecule has 0 bridgehead atoms. The molecule has 66 heavy (non-hydrogen) atoms. The van der Waals surface area contributed by atoms with E-state index in [1.807, 2.05) is 12.1 Å². The molecule has 0 aliphatic carbocycles. The lowest BCUT2D eigenvalue weighted by Crippen LogP contribution is -2.10. The molecule has 0 N–H and O–H groups in total. The second-order valence-corrected chi connectivity index (χ2v) is 25.0. The predicted octanol–water partition coefficient (Wildman–Crippen LogP) is 21.8. The fourth-order valence-corrected chi connectivity index (χ4v) is 11.3. The number of benzene rings is 8. The minimum atomic E-state index is 0.0998. The van der Waals surface area contributed by atoms with Crippen LogP contribution in [0.5, 0.6) is 0 Å². The van der Waals surface area contributed by atoms with E-state index in [2.05, 4.69) is 310 Å². The number of hydrogen-bond donors (Lipinski definition) is 0. The molecule has 8 aromatic rings. The smallest absolute Gasteiger partial charge is 0.0256 e. The van der Waals surface area contributed by atoms with Crippen molar-refractivity contribution in [2.24, 2.45) is 0 Å². The van der Waals surface area contributed by atoms with Crippen molar-refractivity contribution in [3.8, 4) is 66.8 Å². The molecule has 0 saturated carbocycles. The quantitative estimate of drug-likeness (QED) is 0.156. The normalized spacial score (nSPS) is 11.9. The van der Waals surface area contributed by atoms with Gasteiger partial charge in [0.2, 0.25) is 0 Å². The number of hydrogen-bond acceptors (Lipinski definition) is 0. The van der Waals surface area contributed by atoms with Crippen LogP contribution < -0.4 is 0 Å². The molecule has 0 atom stereocenters. The lowest BCUT2D eigenvalue weighted by Gasteiger charge is -2.21. The summed E-state index contributed by atoms with van der Waals surface area (Å²) in [7, 11) is 0. The summed E-state index contributed by atoms with van der Waals surface area (Å²) < 4.78 is 6.61. The molecule has 0 saturated heterocycles. The van der Waals surface area contributed by atoms with E-state index in [0.717, 1.165) is 26.8 Å². The molecule has 0 aliphatic heterocycles. The van der Waals surface area contributed by atoms with E-state index in [9.17, 15) is 0 Å². The lowest BCUT2D eigenvalue weighted by atomic mass is 9.85. The zero-order valence-electron chi connectivity index (χ0n) is 38.9. The number of rotatable bonds is 6. The number of halogens is 6. The van der Waals surface area contributed by atoms with Crippen molar-refractivity contribution >= 4 is 95.6 Å². The maximum Gasteiger partial charge on any atom is 0.0256 e. The summed E-state index contributed by atoms with van der Waals surface area (Å²) in [5.74, 6) is 0. The fourth-order valence-electron chi connectivity index (χ4n) is 7.92. The third-order valence-corrected chi connectivity index (χ3v) is 15.9. The standard InChI is InChI=1S/C32H31Br3.C28H23Br3/c1-31(2,3)23-11-13-26(29(34)18-23)21-15-20(25-9-7-8-10-28(25)33)16-22(17-21)27-14-12-24(19-30(27)35)32(4,5)6;1-28(2,3)21-12-13-24(27(31)17-21)20-15-18(22-8-4-6-10-25(22)29)14-19(16-20)23-9-5-7-11-26(23)30/h7-19H,1-6H3;4-17H,1-3H3. The van der Waals surface area contributed by atoms with E-state index in [1.165, 1.54) is 83.5 Å². The van der Waals surface area contributed by atoms with Gasteiger partial charge >= 0.3 is 0 Å². The van der Waals surface area contributed by atoms with Gasteiger partial charge in [-0.15, -0.1) is 0 Å². The summed E-state index contributed by atoms with van der Waals surface area (Å²) in [6.07, 6.45) is 0. The Morgan fingerprint density at radius 1 is 0.227 bits per heavy atom. The van der Waals surface area contributed by atoms with Crippen LogP contribution in [0.2, 0.25) is 0 Å². The maximum absolute atomic E-state index is 3.88. The zero-order valence-corrected chi connectivity index (χ0v) is 48.4. The Labute approximate surface area is 443 Å². The van der Waals surface area contributed by atoms with E-state index in [-0.39, 0.29) is 16.2 Å². The molecule has 0 amide bonds. The summed E-state index contributed by atoms with van der Waals surface area (Å²) in [6, 6.07) is 59.1. The van der Waals surface area contributed by atoms with E-state index >= 15 is 0 Å². The van der Waals surface area contributed by atoms with Crippen LogP contribution in [0.3, 0.4) is 0 Å². The van der Waals surface area contributed by atoms with Crippen LogP contribution in [0.1, 0.15) is 79.0 Å². The van der Waals surface area contributed by atoms with Crippen LogP contribution in [-0.2, 0) is 16.2 Å². The van der Waals surface area contributed by atoms with Gasteiger partial charge < -0.3 is 0 Å². The van der Waals surface area contributed by atoms with Gasteiger partial charge in [-0.05, 0) is 172 Å². The SMILES string of the molecule is CC(C)(C)c1ccc(-c2cc(-c3ccccc3Br)cc(-c3ccc(C(C)(C)C)cc3Br)c2)c(Br)c1.CC(C)(C)c1ccc(-c2cc(-c3ccccc3Br)cc(-c3ccccc3Br)c2)c(Br)c1. The van der Waals surface area contributed by atoms with Gasteiger partial charge in [0.05, 0.1) is 0 Å². The summed E-state index contributed by atoms with van der Waals surface area (Å²) in [5.41, 5.74) is 18.5. The molecule has 0 unspecified atom stereocenters.